The smallest absolute Gasteiger partial charge is 0.259 e. The summed E-state index contributed by atoms with van der Waals surface area (Å²) in [6, 6.07) is 10.9. The van der Waals surface area contributed by atoms with E-state index in [0.29, 0.717) is 23.7 Å². The van der Waals surface area contributed by atoms with Gasteiger partial charge in [-0.15, -0.1) is 0 Å². The number of nitrogens with zero attached hydrogens (tertiary/aromatic N) is 1. The molecule has 8 heteroatoms. The minimum absolute atomic E-state index is 0.0920. The third kappa shape index (κ3) is 6.18. The predicted molar refractivity (Wildman–Crippen MR) is 109 cm³/mol. The lowest BCUT2D eigenvalue weighted by Crippen LogP contribution is -2.25. The van der Waals surface area contributed by atoms with Crippen LogP contribution < -0.4 is 25.0 Å². The first-order valence-corrected chi connectivity index (χ1v) is 9.06. The van der Waals surface area contributed by atoms with Crippen molar-refractivity contribution < 1.29 is 19.0 Å². The Morgan fingerprint density at radius 3 is 2.48 bits per heavy atom. The summed E-state index contributed by atoms with van der Waals surface area (Å²) in [5, 5.41) is 6.99. The highest BCUT2D eigenvalue weighted by atomic mass is 79.9. The van der Waals surface area contributed by atoms with Crippen LogP contribution in [-0.4, -0.2) is 39.5 Å². The number of rotatable bonds is 9. The Morgan fingerprint density at radius 1 is 1.15 bits per heavy atom. The van der Waals surface area contributed by atoms with E-state index in [2.05, 4.69) is 31.8 Å². The Balaban J connectivity index is 1.88. The molecule has 7 nitrogen and oxygen atoms in total. The first-order chi connectivity index (χ1) is 13.1. The van der Waals surface area contributed by atoms with Crippen LogP contribution in [0.5, 0.6) is 17.2 Å². The number of hydrogen-bond acceptors (Lipinski definition) is 6. The van der Waals surface area contributed by atoms with Gasteiger partial charge < -0.3 is 19.5 Å². The van der Waals surface area contributed by atoms with Gasteiger partial charge in [0.15, 0.2) is 0 Å². The van der Waals surface area contributed by atoms with Gasteiger partial charge >= 0.3 is 0 Å². The van der Waals surface area contributed by atoms with Crippen molar-refractivity contribution in [3.63, 3.8) is 0 Å². The second-order valence-corrected chi connectivity index (χ2v) is 6.19. The van der Waals surface area contributed by atoms with Crippen molar-refractivity contribution >= 4 is 33.7 Å². The number of hydrogen-bond donors (Lipinski definition) is 2. The summed E-state index contributed by atoms with van der Waals surface area (Å²) in [7, 11) is 3.13. The van der Waals surface area contributed by atoms with Crippen LogP contribution >= 0.6 is 15.9 Å². The molecule has 0 spiro atoms. The number of carbonyl (C=O) groups is 1. The zero-order valence-electron chi connectivity index (χ0n) is 15.4. The molecule has 0 atom stereocenters. The first-order valence-electron chi connectivity index (χ1n) is 8.27. The highest BCUT2D eigenvalue weighted by Crippen LogP contribution is 2.31. The van der Waals surface area contributed by atoms with E-state index in [0.717, 1.165) is 15.9 Å². The number of carbonyl (C=O) groups excluding carboxylic acids is 1. The minimum Gasteiger partial charge on any atom is -0.496 e. The molecular weight excluding hydrogens is 414 g/mol. The zero-order chi connectivity index (χ0) is 19.6. The monoisotopic (exact) mass is 435 g/mol. The lowest BCUT2D eigenvalue weighted by atomic mass is 10.2. The second kappa shape index (κ2) is 10.4. The standard InChI is InChI=1S/C19H22BrN3O4/c1-4-27-15-7-5-14(6-8-15)21-12-19(24)23-22-11-13-9-16(20)18(26-3)10-17(13)25-2/h5-11,21H,4,12H2,1-3H3,(H,23,24)/b22-11-. The number of methoxy groups -OCH3 is 2. The normalized spacial score (nSPS) is 10.5. The summed E-state index contributed by atoms with van der Waals surface area (Å²) in [5.74, 6) is 1.75. The van der Waals surface area contributed by atoms with Crippen LogP contribution in [0.2, 0.25) is 0 Å². The molecule has 0 bridgehead atoms. The molecule has 2 rings (SSSR count). The van der Waals surface area contributed by atoms with Gasteiger partial charge in [-0.2, -0.15) is 5.10 Å². The van der Waals surface area contributed by atoms with Gasteiger partial charge in [0.05, 0.1) is 38.1 Å². The molecular formula is C19H22BrN3O4. The number of ether oxygens (including phenoxy) is 3. The summed E-state index contributed by atoms with van der Waals surface area (Å²) in [5.41, 5.74) is 3.99. The van der Waals surface area contributed by atoms with Gasteiger partial charge in [0.1, 0.15) is 17.2 Å². The number of amides is 1. The molecule has 0 unspecified atom stereocenters. The molecule has 0 saturated heterocycles. The molecule has 0 fully saturated rings. The van der Waals surface area contributed by atoms with Crippen LogP contribution in [0.3, 0.4) is 0 Å². The molecule has 0 aliphatic carbocycles. The topological polar surface area (TPSA) is 81.2 Å². The summed E-state index contributed by atoms with van der Waals surface area (Å²) >= 11 is 3.41. The molecule has 2 aromatic rings. The Bertz CT molecular complexity index is 794. The lowest BCUT2D eigenvalue weighted by Gasteiger charge is -2.09. The molecule has 0 saturated carbocycles. The molecule has 144 valence electrons. The van der Waals surface area contributed by atoms with Crippen LogP contribution in [0.4, 0.5) is 5.69 Å². The van der Waals surface area contributed by atoms with Crippen molar-refractivity contribution in [2.45, 2.75) is 6.92 Å². The molecule has 1 amide bonds. The molecule has 27 heavy (non-hydrogen) atoms. The number of halogens is 1. The molecule has 0 aliphatic heterocycles. The molecule has 2 N–H and O–H groups in total. The van der Waals surface area contributed by atoms with E-state index in [9.17, 15) is 4.79 Å². The minimum atomic E-state index is -0.272. The van der Waals surface area contributed by atoms with Crippen LogP contribution in [0.15, 0.2) is 46.0 Å². The van der Waals surface area contributed by atoms with Gasteiger partial charge in [-0.25, -0.2) is 5.43 Å². The van der Waals surface area contributed by atoms with E-state index in [1.165, 1.54) is 6.21 Å². The number of nitrogens with one attached hydrogen (secondary N) is 2. The van der Waals surface area contributed by atoms with Crippen LogP contribution in [0.25, 0.3) is 0 Å². The Kier molecular flexibility index (Phi) is 7.94. The Morgan fingerprint density at radius 2 is 1.85 bits per heavy atom. The van der Waals surface area contributed by atoms with E-state index >= 15 is 0 Å². The van der Waals surface area contributed by atoms with Gasteiger partial charge in [-0.05, 0) is 53.2 Å². The summed E-state index contributed by atoms with van der Waals surface area (Å²) in [6.07, 6.45) is 1.51. The van der Waals surface area contributed by atoms with Gasteiger partial charge in [0, 0.05) is 17.3 Å². The largest absolute Gasteiger partial charge is 0.496 e. The zero-order valence-corrected chi connectivity index (χ0v) is 17.0. The van der Waals surface area contributed by atoms with E-state index in [4.69, 9.17) is 14.2 Å². The Hall–Kier alpha value is -2.74. The van der Waals surface area contributed by atoms with Gasteiger partial charge in [0.2, 0.25) is 0 Å². The lowest BCUT2D eigenvalue weighted by molar-refractivity contribution is -0.119. The summed E-state index contributed by atoms with van der Waals surface area (Å²) in [6.45, 7) is 2.63. The first kappa shape index (κ1) is 20.6. The number of hydrazone groups is 1. The van der Waals surface area contributed by atoms with E-state index in [1.54, 1.807) is 26.4 Å². The highest BCUT2D eigenvalue weighted by Gasteiger charge is 2.08. The van der Waals surface area contributed by atoms with E-state index in [-0.39, 0.29) is 12.5 Å². The molecule has 0 heterocycles. The van der Waals surface area contributed by atoms with Gasteiger partial charge in [-0.1, -0.05) is 0 Å². The maximum absolute atomic E-state index is 11.9. The van der Waals surface area contributed by atoms with Crippen molar-refractivity contribution in [2.24, 2.45) is 5.10 Å². The number of benzene rings is 2. The average Bonchev–Trinajstić information content (AvgIpc) is 2.68. The van der Waals surface area contributed by atoms with Crippen molar-refractivity contribution in [1.29, 1.82) is 0 Å². The predicted octanol–water partition coefficient (Wildman–Crippen LogP) is 3.43. The van der Waals surface area contributed by atoms with Crippen LogP contribution in [0, 0.1) is 0 Å². The Labute approximate surface area is 166 Å². The molecule has 2 aromatic carbocycles. The quantitative estimate of drug-likeness (QED) is 0.465. The fourth-order valence-electron chi connectivity index (χ4n) is 2.22. The summed E-state index contributed by atoms with van der Waals surface area (Å²) < 4.78 is 16.7. The fraction of sp³-hybridized carbons (Fsp3) is 0.263. The SMILES string of the molecule is CCOc1ccc(NCC(=O)N/N=C\c2cc(Br)c(OC)cc2OC)cc1. The third-order valence-electron chi connectivity index (χ3n) is 3.52. The highest BCUT2D eigenvalue weighted by molar-refractivity contribution is 9.10. The number of anilines is 1. The van der Waals surface area contributed by atoms with E-state index < -0.39 is 0 Å². The van der Waals surface area contributed by atoms with Crippen molar-refractivity contribution in [1.82, 2.24) is 5.43 Å². The van der Waals surface area contributed by atoms with Crippen molar-refractivity contribution in [2.75, 3.05) is 32.7 Å². The van der Waals surface area contributed by atoms with E-state index in [1.807, 2.05) is 31.2 Å². The molecule has 0 aromatic heterocycles. The van der Waals surface area contributed by atoms with Gasteiger partial charge in [0.25, 0.3) is 5.91 Å². The molecule has 0 radical (unpaired) electrons. The summed E-state index contributed by atoms with van der Waals surface area (Å²) in [4.78, 5) is 11.9. The third-order valence-corrected chi connectivity index (χ3v) is 4.14. The maximum Gasteiger partial charge on any atom is 0.259 e. The average molecular weight is 436 g/mol. The van der Waals surface area contributed by atoms with Crippen LogP contribution in [-0.2, 0) is 4.79 Å². The van der Waals surface area contributed by atoms with Crippen molar-refractivity contribution in [3.8, 4) is 17.2 Å². The maximum atomic E-state index is 11.9. The fourth-order valence-corrected chi connectivity index (χ4v) is 2.74. The molecule has 0 aliphatic rings. The van der Waals surface area contributed by atoms with Crippen molar-refractivity contribution in [3.05, 3.63) is 46.4 Å². The van der Waals surface area contributed by atoms with Gasteiger partial charge in [-0.3, -0.25) is 4.79 Å². The second-order valence-electron chi connectivity index (χ2n) is 5.33. The van der Waals surface area contributed by atoms with Crippen LogP contribution in [0.1, 0.15) is 12.5 Å².